The summed E-state index contributed by atoms with van der Waals surface area (Å²) in [6.45, 7) is 0.106. The summed E-state index contributed by atoms with van der Waals surface area (Å²) >= 11 is 1.15. The number of hydrogen-bond donors (Lipinski definition) is 0. The smallest absolute Gasteiger partial charge is 0.416 e. The van der Waals surface area contributed by atoms with Gasteiger partial charge in [-0.3, -0.25) is 9.69 Å². The average molecular weight is 630 g/mol. The molecule has 2 aromatic heterocycles. The molecule has 1 amide bonds. The molecule has 1 unspecified atom stereocenters. The largest absolute Gasteiger partial charge is 0.497 e. The van der Waals surface area contributed by atoms with Gasteiger partial charge in [-0.25, -0.2) is 4.68 Å². The zero-order valence-corrected chi connectivity index (χ0v) is 24.7. The van der Waals surface area contributed by atoms with Crippen LogP contribution in [-0.4, -0.2) is 44.3 Å². The van der Waals surface area contributed by atoms with Crippen molar-refractivity contribution in [3.8, 4) is 22.7 Å². The minimum Gasteiger partial charge on any atom is -0.497 e. The zero-order valence-electron chi connectivity index (χ0n) is 23.9. The zero-order chi connectivity index (χ0) is 31.4. The van der Waals surface area contributed by atoms with Gasteiger partial charge in [0.05, 0.1) is 42.6 Å². The van der Waals surface area contributed by atoms with E-state index in [2.05, 4.69) is 10.2 Å². The van der Waals surface area contributed by atoms with Gasteiger partial charge < -0.3 is 9.15 Å². The van der Waals surface area contributed by atoms with Crippen LogP contribution in [0, 0.1) is 0 Å². The molecule has 5 aromatic rings. The fourth-order valence-electron chi connectivity index (χ4n) is 4.82. The Morgan fingerprint density at radius 2 is 1.82 bits per heavy atom. The van der Waals surface area contributed by atoms with E-state index in [1.54, 1.807) is 36.2 Å². The van der Waals surface area contributed by atoms with Crippen LogP contribution in [0.15, 0.2) is 118 Å². The third-order valence-electron chi connectivity index (χ3n) is 7.06. The molecule has 1 aliphatic heterocycles. The lowest BCUT2D eigenvalue weighted by molar-refractivity contribution is -0.137. The molecule has 0 radical (unpaired) electrons. The predicted octanol–water partition coefficient (Wildman–Crippen LogP) is 7.24. The second kappa shape index (κ2) is 12.9. The number of hydrogen-bond acceptors (Lipinski definition) is 7. The number of thioether (sulfide) groups is 1. The first-order chi connectivity index (χ1) is 21.8. The molecular weight excluding hydrogens is 603 g/mol. The van der Waals surface area contributed by atoms with Gasteiger partial charge in [-0.1, -0.05) is 48.2 Å². The van der Waals surface area contributed by atoms with Crippen molar-refractivity contribution in [1.82, 2.24) is 14.7 Å². The van der Waals surface area contributed by atoms with Gasteiger partial charge >= 0.3 is 6.18 Å². The Morgan fingerprint density at radius 3 is 2.53 bits per heavy atom. The number of furan rings is 1. The van der Waals surface area contributed by atoms with Crippen LogP contribution in [0.1, 0.15) is 22.5 Å². The molecule has 12 heteroatoms. The Labute approximate surface area is 260 Å². The summed E-state index contributed by atoms with van der Waals surface area (Å²) in [5.74, 6) is 0.951. The first kappa shape index (κ1) is 29.9. The van der Waals surface area contributed by atoms with Crippen LogP contribution >= 0.6 is 11.8 Å². The third kappa shape index (κ3) is 6.86. The lowest BCUT2D eigenvalue weighted by atomic mass is 10.1. The molecule has 3 aromatic carbocycles. The Balaban J connectivity index is 1.31. The number of carbonyl (C=O) groups is 1. The average Bonchev–Trinajstić information content (AvgIpc) is 3.79. The van der Waals surface area contributed by atoms with Crippen LogP contribution in [0.4, 0.5) is 13.2 Å². The predicted molar refractivity (Wildman–Crippen MR) is 166 cm³/mol. The van der Waals surface area contributed by atoms with Crippen molar-refractivity contribution in [3.63, 3.8) is 0 Å². The molecule has 0 spiro atoms. The van der Waals surface area contributed by atoms with Crippen LogP contribution in [0.5, 0.6) is 5.75 Å². The van der Waals surface area contributed by atoms with E-state index in [0.29, 0.717) is 33.5 Å². The molecule has 1 aliphatic rings. The summed E-state index contributed by atoms with van der Waals surface area (Å²) < 4.78 is 52.4. The number of amides is 1. The van der Waals surface area contributed by atoms with E-state index in [-0.39, 0.29) is 18.9 Å². The molecule has 1 atom stereocenters. The summed E-state index contributed by atoms with van der Waals surface area (Å²) in [5, 5.41) is 13.2. The summed E-state index contributed by atoms with van der Waals surface area (Å²) in [5.41, 5.74) is 2.68. The maximum atomic E-state index is 13.5. The van der Waals surface area contributed by atoms with Gasteiger partial charge in [-0.05, 0) is 66.6 Å². The maximum Gasteiger partial charge on any atom is 0.416 e. The summed E-state index contributed by atoms with van der Waals surface area (Å²) in [4.78, 5) is 14.9. The van der Waals surface area contributed by atoms with E-state index in [1.165, 1.54) is 17.2 Å². The van der Waals surface area contributed by atoms with Gasteiger partial charge in [0.2, 0.25) is 5.91 Å². The van der Waals surface area contributed by atoms with E-state index in [1.807, 2.05) is 60.8 Å². The highest BCUT2D eigenvalue weighted by Gasteiger charge is 2.39. The molecule has 0 aliphatic carbocycles. The number of benzene rings is 3. The Hall–Kier alpha value is -5.10. The number of rotatable bonds is 9. The SMILES string of the molecule is COc1ccc(-c2nn(-c3ccccc3)cc2C=NN=C2SC(Cc3cccc(C(F)(F)F)c3)C(=O)N2Cc2ccco2)cc1. The number of carbonyl (C=O) groups excluding carboxylic acids is 1. The fourth-order valence-corrected chi connectivity index (χ4v) is 5.95. The van der Waals surface area contributed by atoms with Crippen molar-refractivity contribution in [2.45, 2.75) is 24.4 Å². The third-order valence-corrected chi connectivity index (χ3v) is 8.22. The van der Waals surface area contributed by atoms with Gasteiger partial charge in [0.15, 0.2) is 5.17 Å². The molecular formula is C33H26F3N5O3S. The normalized spacial score (nSPS) is 16.3. The van der Waals surface area contributed by atoms with Crippen LogP contribution in [-0.2, 0) is 23.9 Å². The highest BCUT2D eigenvalue weighted by Crippen LogP contribution is 2.34. The van der Waals surface area contributed by atoms with Gasteiger partial charge in [0.1, 0.15) is 17.2 Å². The van der Waals surface area contributed by atoms with Gasteiger partial charge in [0.25, 0.3) is 0 Å². The fraction of sp³-hybridized carbons (Fsp3) is 0.152. The van der Waals surface area contributed by atoms with Crippen molar-refractivity contribution >= 4 is 29.1 Å². The molecule has 0 saturated carbocycles. The number of aromatic nitrogens is 2. The molecule has 45 heavy (non-hydrogen) atoms. The lowest BCUT2D eigenvalue weighted by Crippen LogP contribution is -2.32. The molecule has 0 N–H and O–H groups in total. The number of ether oxygens (including phenoxy) is 1. The molecule has 1 saturated heterocycles. The first-order valence-corrected chi connectivity index (χ1v) is 14.7. The van der Waals surface area contributed by atoms with Gasteiger partial charge in [0, 0.05) is 17.3 Å². The van der Waals surface area contributed by atoms with Crippen LogP contribution in [0.25, 0.3) is 16.9 Å². The van der Waals surface area contributed by atoms with E-state index in [0.717, 1.165) is 35.1 Å². The van der Waals surface area contributed by atoms with Crippen LogP contribution in [0.3, 0.4) is 0 Å². The summed E-state index contributed by atoms with van der Waals surface area (Å²) in [7, 11) is 1.60. The highest BCUT2D eigenvalue weighted by molar-refractivity contribution is 8.15. The Morgan fingerprint density at radius 1 is 1.02 bits per heavy atom. The van der Waals surface area contributed by atoms with Crippen molar-refractivity contribution in [3.05, 3.63) is 126 Å². The minimum absolute atomic E-state index is 0.0935. The number of halogens is 3. The number of para-hydroxylation sites is 1. The number of alkyl halides is 3. The van der Waals surface area contributed by atoms with E-state index >= 15 is 0 Å². The molecule has 1 fully saturated rings. The van der Waals surface area contributed by atoms with Crippen molar-refractivity contribution in [1.29, 1.82) is 0 Å². The van der Waals surface area contributed by atoms with E-state index in [9.17, 15) is 18.0 Å². The maximum absolute atomic E-state index is 13.5. The minimum atomic E-state index is -4.48. The van der Waals surface area contributed by atoms with Crippen LogP contribution in [0.2, 0.25) is 0 Å². The van der Waals surface area contributed by atoms with Crippen molar-refractivity contribution in [2.24, 2.45) is 10.2 Å². The first-order valence-electron chi connectivity index (χ1n) is 13.9. The van der Waals surface area contributed by atoms with Gasteiger partial charge in [-0.15, -0.1) is 5.10 Å². The summed E-state index contributed by atoms with van der Waals surface area (Å²) in [6, 6.07) is 25.6. The molecule has 8 nitrogen and oxygen atoms in total. The molecule has 228 valence electrons. The quantitative estimate of drug-likeness (QED) is 0.127. The van der Waals surface area contributed by atoms with Gasteiger partial charge in [-0.2, -0.15) is 23.4 Å². The topological polar surface area (TPSA) is 85.2 Å². The number of methoxy groups -OCH3 is 1. The highest BCUT2D eigenvalue weighted by atomic mass is 32.2. The summed E-state index contributed by atoms with van der Waals surface area (Å²) in [6.07, 6.45) is 0.520. The Kier molecular flexibility index (Phi) is 8.56. The van der Waals surface area contributed by atoms with Crippen molar-refractivity contribution < 1.29 is 27.1 Å². The number of nitrogens with zero attached hydrogens (tertiary/aromatic N) is 5. The monoisotopic (exact) mass is 629 g/mol. The van der Waals surface area contributed by atoms with Crippen molar-refractivity contribution in [2.75, 3.05) is 7.11 Å². The second-order valence-electron chi connectivity index (χ2n) is 10.1. The van der Waals surface area contributed by atoms with E-state index in [4.69, 9.17) is 14.3 Å². The number of amidine groups is 1. The van der Waals surface area contributed by atoms with E-state index < -0.39 is 17.0 Å². The standard InChI is InChI=1S/C33H26F3N5O3S/c1-43-27-14-12-23(13-15-27)30-24(20-41(39-30)26-9-3-2-4-10-26)19-37-38-32-40(21-28-11-6-16-44-28)31(42)29(45-32)18-22-7-5-8-25(17-22)33(34,35)36/h2-17,19-20,29H,18,21H2,1H3. The molecule has 3 heterocycles. The second-order valence-corrected chi connectivity index (χ2v) is 11.3. The Bertz CT molecular complexity index is 1840. The van der Waals surface area contributed by atoms with Crippen LogP contribution < -0.4 is 4.74 Å². The molecule has 0 bridgehead atoms. The lowest BCUT2D eigenvalue weighted by Gasteiger charge is -2.14. The molecule has 6 rings (SSSR count).